The summed E-state index contributed by atoms with van der Waals surface area (Å²) in [6.45, 7) is 7.20. The number of piperidine rings is 1. The van der Waals surface area contributed by atoms with Gasteiger partial charge in [0, 0.05) is 18.3 Å². The third-order valence-corrected chi connectivity index (χ3v) is 15.6. The number of ether oxygens (including phenoxy) is 2. The molecule has 4 aliphatic rings. The van der Waals surface area contributed by atoms with Crippen LogP contribution in [0.1, 0.15) is 54.3 Å². The highest BCUT2D eigenvalue weighted by Crippen LogP contribution is 2.43. The van der Waals surface area contributed by atoms with Crippen LogP contribution >= 0.6 is 0 Å². The molecule has 0 aromatic heterocycles. The second kappa shape index (κ2) is 12.5. The summed E-state index contributed by atoms with van der Waals surface area (Å²) in [6, 6.07) is 32.4. The van der Waals surface area contributed by atoms with Crippen LogP contribution in [0.2, 0.25) is 5.04 Å². The van der Waals surface area contributed by atoms with Crippen LogP contribution in [-0.2, 0) is 14.0 Å². The molecular formula is C40H39N3O7Si. The Hall–Kier alpha value is -5.26. The smallest absolute Gasteiger partial charge is 0.415 e. The highest BCUT2D eigenvalue weighted by atomic mass is 28.4. The zero-order valence-corrected chi connectivity index (χ0v) is 29.8. The molecule has 0 bridgehead atoms. The zero-order chi connectivity index (χ0) is 35.5. The number of benzene rings is 4. The molecule has 4 aromatic rings. The summed E-state index contributed by atoms with van der Waals surface area (Å²) in [4.78, 5) is 57.4. The molecular weight excluding hydrogens is 663 g/mol. The van der Waals surface area contributed by atoms with Gasteiger partial charge in [-0.15, -0.1) is 0 Å². The van der Waals surface area contributed by atoms with Gasteiger partial charge in [0.05, 0.1) is 35.9 Å². The van der Waals surface area contributed by atoms with Gasteiger partial charge in [-0.25, -0.2) is 4.79 Å². The number of rotatable bonds is 7. The Balaban J connectivity index is 0.988. The Morgan fingerprint density at radius 1 is 0.804 bits per heavy atom. The van der Waals surface area contributed by atoms with E-state index in [1.807, 2.05) is 18.2 Å². The van der Waals surface area contributed by atoms with Crippen molar-refractivity contribution in [1.82, 2.24) is 4.90 Å². The summed E-state index contributed by atoms with van der Waals surface area (Å²) in [5.74, 6) is -0.394. The number of imide groups is 1. The molecule has 0 aliphatic carbocycles. The maximum atomic E-state index is 13.8. The van der Waals surface area contributed by atoms with Crippen molar-refractivity contribution < 1.29 is 33.1 Å². The SMILES string of the molecule is CC(C)(C)[Si](O[C@@H]1CCN(c2ccc3c(c2)OC[C@H]2[C@H](CN4C(=O)c5ccccc5C4=O)OC(=O)N32)C(=O)C1)(c1ccccc1)c1ccccc1. The first kappa shape index (κ1) is 32.9. The van der Waals surface area contributed by atoms with Gasteiger partial charge in [-0.1, -0.05) is 93.6 Å². The van der Waals surface area contributed by atoms with E-state index in [9.17, 15) is 19.2 Å². The van der Waals surface area contributed by atoms with E-state index in [2.05, 4.69) is 69.3 Å². The molecule has 2 saturated heterocycles. The fraction of sp³-hybridized carbons (Fsp3) is 0.300. The zero-order valence-electron chi connectivity index (χ0n) is 28.8. The number of fused-ring (bicyclic) bond motifs is 4. The molecule has 10 nitrogen and oxygen atoms in total. The molecule has 4 aliphatic heterocycles. The highest BCUT2D eigenvalue weighted by molar-refractivity contribution is 6.99. The average molecular weight is 702 g/mol. The van der Waals surface area contributed by atoms with Gasteiger partial charge in [-0.2, -0.15) is 0 Å². The third kappa shape index (κ3) is 5.42. The lowest BCUT2D eigenvalue weighted by Gasteiger charge is -2.46. The van der Waals surface area contributed by atoms with E-state index < -0.39 is 38.4 Å². The Labute approximate surface area is 297 Å². The van der Waals surface area contributed by atoms with Crippen LogP contribution in [0, 0.1) is 0 Å². The molecule has 4 heterocycles. The number of nitrogens with zero attached hydrogens (tertiary/aromatic N) is 3. The molecule has 8 rings (SSSR count). The normalized spacial score (nSPS) is 21.6. The standard InChI is InChI=1S/C40H39N3O7Si/c1-40(2,3)51(28-12-6-4-7-13-28,29-14-8-5-9-15-29)50-27-20-21-41(36(44)23-27)26-18-19-32-34(22-26)48-25-33-35(49-39(47)43(32)33)24-42-37(45)30-16-10-11-17-31(30)38(42)46/h4-19,22,27,33,35H,20-21,23-25H2,1-3H3/t27-,33+,35+/m1/s1. The first-order valence-corrected chi connectivity index (χ1v) is 19.3. The number of amides is 4. The monoisotopic (exact) mass is 701 g/mol. The molecule has 2 fully saturated rings. The first-order valence-electron chi connectivity index (χ1n) is 17.4. The topological polar surface area (TPSA) is 106 Å². The maximum absolute atomic E-state index is 13.8. The highest BCUT2D eigenvalue weighted by Gasteiger charge is 2.53. The minimum atomic E-state index is -2.83. The van der Waals surface area contributed by atoms with Gasteiger partial charge in [0.15, 0.2) is 0 Å². The molecule has 0 radical (unpaired) electrons. The van der Waals surface area contributed by atoms with E-state index in [1.165, 1.54) is 15.3 Å². The summed E-state index contributed by atoms with van der Waals surface area (Å²) < 4.78 is 19.1. The van der Waals surface area contributed by atoms with Crippen molar-refractivity contribution in [3.8, 4) is 5.75 Å². The molecule has 0 saturated carbocycles. The minimum absolute atomic E-state index is 0.0422. The Bertz CT molecular complexity index is 1960. The summed E-state index contributed by atoms with van der Waals surface area (Å²) >= 11 is 0. The van der Waals surface area contributed by atoms with E-state index in [4.69, 9.17) is 13.9 Å². The first-order chi connectivity index (χ1) is 24.6. The summed E-state index contributed by atoms with van der Waals surface area (Å²) in [5, 5.41) is 2.15. The van der Waals surface area contributed by atoms with E-state index in [1.54, 1.807) is 41.3 Å². The van der Waals surface area contributed by atoms with Crippen molar-refractivity contribution in [1.29, 1.82) is 0 Å². The molecule has 260 valence electrons. The average Bonchev–Trinajstić information content (AvgIpc) is 3.59. The molecule has 4 aromatic carbocycles. The summed E-state index contributed by atoms with van der Waals surface area (Å²) in [6.07, 6.45) is -0.690. The maximum Gasteiger partial charge on any atom is 0.415 e. The van der Waals surface area contributed by atoms with Crippen LogP contribution in [0.15, 0.2) is 103 Å². The number of hydrogen-bond donors (Lipinski definition) is 0. The summed E-state index contributed by atoms with van der Waals surface area (Å²) in [7, 11) is -2.83. The molecule has 4 amide bonds. The number of hydrogen-bond acceptors (Lipinski definition) is 7. The Morgan fingerprint density at radius 3 is 2.00 bits per heavy atom. The van der Waals surface area contributed by atoms with Gasteiger partial charge in [-0.3, -0.25) is 24.2 Å². The number of cyclic esters (lactones) is 1. The van der Waals surface area contributed by atoms with E-state index >= 15 is 0 Å². The molecule has 3 atom stereocenters. The number of carbonyl (C=O) groups is 4. The lowest BCUT2D eigenvalue weighted by molar-refractivity contribution is -0.121. The second-order valence-electron chi connectivity index (χ2n) is 14.5. The lowest BCUT2D eigenvalue weighted by atomic mass is 10.0. The van der Waals surface area contributed by atoms with Crippen LogP contribution in [-0.4, -0.2) is 75.0 Å². The van der Waals surface area contributed by atoms with E-state index in [0.717, 1.165) is 4.90 Å². The third-order valence-electron chi connectivity index (χ3n) is 10.5. The van der Waals surface area contributed by atoms with Crippen molar-refractivity contribution in [3.05, 3.63) is 114 Å². The van der Waals surface area contributed by atoms with Crippen LogP contribution in [0.3, 0.4) is 0 Å². The fourth-order valence-corrected chi connectivity index (χ4v) is 12.8. The van der Waals surface area contributed by atoms with Gasteiger partial charge in [0.25, 0.3) is 20.1 Å². The molecule has 51 heavy (non-hydrogen) atoms. The van der Waals surface area contributed by atoms with E-state index in [-0.39, 0.29) is 36.6 Å². The van der Waals surface area contributed by atoms with Crippen LogP contribution in [0.5, 0.6) is 5.75 Å². The van der Waals surface area contributed by atoms with Crippen molar-refractivity contribution in [2.75, 3.05) is 29.5 Å². The lowest BCUT2D eigenvalue weighted by Crippen LogP contribution is -2.68. The number of carbonyl (C=O) groups excluding carboxylic acids is 4. The van der Waals surface area contributed by atoms with Gasteiger partial charge in [0.1, 0.15) is 24.5 Å². The van der Waals surface area contributed by atoms with Gasteiger partial charge in [0.2, 0.25) is 5.91 Å². The Kier molecular flexibility index (Phi) is 8.07. The molecule has 11 heteroatoms. The van der Waals surface area contributed by atoms with Gasteiger partial charge >= 0.3 is 6.09 Å². The van der Waals surface area contributed by atoms with Gasteiger partial charge in [-0.05, 0) is 46.1 Å². The molecule has 0 spiro atoms. The van der Waals surface area contributed by atoms with Crippen LogP contribution in [0.4, 0.5) is 16.2 Å². The predicted molar refractivity (Wildman–Crippen MR) is 194 cm³/mol. The molecule has 0 unspecified atom stereocenters. The quantitative estimate of drug-likeness (QED) is 0.194. The van der Waals surface area contributed by atoms with Gasteiger partial charge < -0.3 is 18.8 Å². The van der Waals surface area contributed by atoms with Crippen molar-refractivity contribution in [2.45, 2.75) is 56.9 Å². The van der Waals surface area contributed by atoms with E-state index in [0.29, 0.717) is 41.2 Å². The molecule has 0 N–H and O–H groups in total. The van der Waals surface area contributed by atoms with Crippen LogP contribution < -0.4 is 24.9 Å². The fourth-order valence-electron chi connectivity index (χ4n) is 8.05. The minimum Gasteiger partial charge on any atom is -0.489 e. The largest absolute Gasteiger partial charge is 0.489 e. The number of anilines is 2. The van der Waals surface area contributed by atoms with Crippen LogP contribution in [0.25, 0.3) is 0 Å². The second-order valence-corrected chi connectivity index (χ2v) is 18.8. The Morgan fingerprint density at radius 2 is 1.41 bits per heavy atom. The predicted octanol–water partition coefficient (Wildman–Crippen LogP) is 5.14. The van der Waals surface area contributed by atoms with Crippen molar-refractivity contribution in [2.24, 2.45) is 0 Å². The summed E-state index contributed by atoms with van der Waals surface area (Å²) in [5.41, 5.74) is 1.88. The van der Waals surface area contributed by atoms with Crippen molar-refractivity contribution in [3.63, 3.8) is 0 Å². The van der Waals surface area contributed by atoms with Crippen molar-refractivity contribution >= 4 is 53.9 Å².